The third-order valence-corrected chi connectivity index (χ3v) is 2.88. The summed E-state index contributed by atoms with van der Waals surface area (Å²) in [5.74, 6) is -0.214. The zero-order valence-electron chi connectivity index (χ0n) is 13.4. The number of ether oxygens (including phenoxy) is 3. The summed E-state index contributed by atoms with van der Waals surface area (Å²) < 4.78 is 17.0. The Labute approximate surface area is 131 Å². The van der Waals surface area contributed by atoms with E-state index in [0.717, 1.165) is 19.3 Å². The minimum absolute atomic E-state index is 0.128. The van der Waals surface area contributed by atoms with Crippen molar-refractivity contribution in [1.82, 2.24) is 4.57 Å². The number of carbonyl (C=O) groups excluding carboxylic acids is 1. The molecule has 1 aromatic rings. The fraction of sp³-hybridized carbons (Fsp3) is 0.625. The second kappa shape index (κ2) is 10.8. The Morgan fingerprint density at radius 2 is 1.95 bits per heavy atom. The van der Waals surface area contributed by atoms with Gasteiger partial charge >= 0.3 is 5.97 Å². The number of carbonyl (C=O) groups is 1. The molecule has 1 heterocycles. The molecule has 0 aromatic carbocycles. The van der Waals surface area contributed by atoms with E-state index in [-0.39, 0.29) is 24.5 Å². The van der Waals surface area contributed by atoms with Gasteiger partial charge < -0.3 is 18.8 Å². The molecule has 0 radical (unpaired) electrons. The molecular formula is C16H25NO5. The van der Waals surface area contributed by atoms with Gasteiger partial charge in [0.2, 0.25) is 0 Å². The van der Waals surface area contributed by atoms with Crippen molar-refractivity contribution in [1.29, 1.82) is 0 Å². The molecule has 124 valence electrons. The number of aromatic nitrogens is 1. The summed E-state index contributed by atoms with van der Waals surface area (Å²) >= 11 is 0. The van der Waals surface area contributed by atoms with Crippen LogP contribution in [0.15, 0.2) is 23.1 Å². The fourth-order valence-corrected chi connectivity index (χ4v) is 1.71. The van der Waals surface area contributed by atoms with Gasteiger partial charge in [-0.05, 0) is 25.0 Å². The predicted molar refractivity (Wildman–Crippen MR) is 83.2 cm³/mol. The van der Waals surface area contributed by atoms with E-state index in [4.69, 9.17) is 14.2 Å². The van der Waals surface area contributed by atoms with Crippen LogP contribution in [0.4, 0.5) is 0 Å². The zero-order valence-corrected chi connectivity index (χ0v) is 13.4. The van der Waals surface area contributed by atoms with Gasteiger partial charge in [-0.2, -0.15) is 0 Å². The molecule has 0 amide bonds. The van der Waals surface area contributed by atoms with Crippen LogP contribution in [-0.2, 0) is 20.8 Å². The van der Waals surface area contributed by atoms with Gasteiger partial charge in [0.25, 0.3) is 5.56 Å². The van der Waals surface area contributed by atoms with Gasteiger partial charge in [-0.25, -0.2) is 0 Å². The number of rotatable bonds is 11. The van der Waals surface area contributed by atoms with Crippen molar-refractivity contribution in [2.75, 3.05) is 26.4 Å². The molecule has 0 unspecified atom stereocenters. The Morgan fingerprint density at radius 1 is 1.14 bits per heavy atom. The Balaban J connectivity index is 2.39. The first-order valence-corrected chi connectivity index (χ1v) is 7.74. The second-order valence-corrected chi connectivity index (χ2v) is 4.84. The molecule has 0 saturated heterocycles. The van der Waals surface area contributed by atoms with Crippen LogP contribution in [0.2, 0.25) is 0 Å². The summed E-state index contributed by atoms with van der Waals surface area (Å²) in [7, 11) is 0. The molecule has 0 saturated carbocycles. The quantitative estimate of drug-likeness (QED) is 0.462. The molecule has 1 aromatic heterocycles. The number of esters is 1. The minimum Gasteiger partial charge on any atom is -0.488 e. The lowest BCUT2D eigenvalue weighted by atomic mass is 10.4. The summed E-state index contributed by atoms with van der Waals surface area (Å²) in [4.78, 5) is 23.8. The molecule has 0 aliphatic carbocycles. The third kappa shape index (κ3) is 6.76. The highest BCUT2D eigenvalue weighted by Crippen LogP contribution is 2.02. The highest BCUT2D eigenvalue weighted by atomic mass is 16.6. The topological polar surface area (TPSA) is 66.8 Å². The molecule has 0 aliphatic rings. The number of hydrogen-bond acceptors (Lipinski definition) is 5. The van der Waals surface area contributed by atoms with Crippen LogP contribution in [0.25, 0.3) is 0 Å². The Kier molecular flexibility index (Phi) is 8.98. The number of nitrogens with zero attached hydrogens (tertiary/aromatic N) is 1. The first-order valence-electron chi connectivity index (χ1n) is 7.74. The Bertz CT molecular complexity index is 498. The van der Waals surface area contributed by atoms with Crippen molar-refractivity contribution in [3.05, 3.63) is 28.7 Å². The van der Waals surface area contributed by atoms with E-state index >= 15 is 0 Å². The molecule has 0 aliphatic heterocycles. The van der Waals surface area contributed by atoms with Crippen molar-refractivity contribution in [2.45, 2.75) is 39.7 Å². The van der Waals surface area contributed by atoms with E-state index in [9.17, 15) is 9.59 Å². The van der Waals surface area contributed by atoms with E-state index in [1.54, 1.807) is 18.3 Å². The van der Waals surface area contributed by atoms with Gasteiger partial charge in [0, 0.05) is 12.8 Å². The molecule has 0 fully saturated rings. The first-order chi connectivity index (χ1) is 10.7. The standard InChI is InChI=1S/C16H25NO5/c1-3-5-10-20-11-12-22-15(18)13-17-8-6-7-14(16(17)19)21-9-4-2/h6-8H,3-5,9-13H2,1-2H3. The van der Waals surface area contributed by atoms with Gasteiger partial charge in [0.1, 0.15) is 13.2 Å². The number of pyridine rings is 1. The maximum atomic E-state index is 12.1. The Morgan fingerprint density at radius 3 is 2.68 bits per heavy atom. The molecular weight excluding hydrogens is 286 g/mol. The van der Waals surface area contributed by atoms with Crippen molar-refractivity contribution >= 4 is 5.97 Å². The van der Waals surface area contributed by atoms with E-state index in [1.165, 1.54) is 4.57 Å². The molecule has 0 spiro atoms. The van der Waals surface area contributed by atoms with Gasteiger partial charge in [-0.15, -0.1) is 0 Å². The zero-order chi connectivity index (χ0) is 16.2. The molecule has 1 rings (SSSR count). The summed E-state index contributed by atoms with van der Waals surface area (Å²) in [5, 5.41) is 0. The van der Waals surface area contributed by atoms with Gasteiger partial charge in [-0.3, -0.25) is 9.59 Å². The molecule has 6 heteroatoms. The van der Waals surface area contributed by atoms with Gasteiger partial charge in [0.05, 0.1) is 13.2 Å². The van der Waals surface area contributed by atoms with E-state index in [1.807, 2.05) is 6.92 Å². The normalized spacial score (nSPS) is 10.5. The average molecular weight is 311 g/mol. The van der Waals surface area contributed by atoms with Crippen molar-refractivity contribution in [2.24, 2.45) is 0 Å². The molecule has 0 bridgehead atoms. The first kappa shape index (κ1) is 18.2. The fourth-order valence-electron chi connectivity index (χ4n) is 1.71. The highest BCUT2D eigenvalue weighted by Gasteiger charge is 2.09. The predicted octanol–water partition coefficient (Wildman–Crippen LogP) is 2.00. The highest BCUT2D eigenvalue weighted by molar-refractivity contribution is 5.69. The monoisotopic (exact) mass is 311 g/mol. The van der Waals surface area contributed by atoms with Crippen LogP contribution in [-0.4, -0.2) is 37.0 Å². The van der Waals surface area contributed by atoms with Crippen LogP contribution < -0.4 is 10.3 Å². The maximum absolute atomic E-state index is 12.1. The van der Waals surface area contributed by atoms with E-state index in [0.29, 0.717) is 19.8 Å². The van der Waals surface area contributed by atoms with Crippen LogP contribution >= 0.6 is 0 Å². The number of unbranched alkanes of at least 4 members (excludes halogenated alkanes) is 1. The van der Waals surface area contributed by atoms with Crippen LogP contribution in [0, 0.1) is 0 Å². The Hall–Kier alpha value is -1.82. The smallest absolute Gasteiger partial charge is 0.326 e. The minimum atomic E-state index is -0.464. The van der Waals surface area contributed by atoms with Crippen LogP contribution in [0.1, 0.15) is 33.1 Å². The van der Waals surface area contributed by atoms with Crippen LogP contribution in [0.3, 0.4) is 0 Å². The molecule has 0 N–H and O–H groups in total. The molecule has 0 atom stereocenters. The lowest BCUT2D eigenvalue weighted by molar-refractivity contribution is -0.146. The number of hydrogen-bond donors (Lipinski definition) is 0. The molecule has 22 heavy (non-hydrogen) atoms. The largest absolute Gasteiger partial charge is 0.488 e. The second-order valence-electron chi connectivity index (χ2n) is 4.84. The molecule has 6 nitrogen and oxygen atoms in total. The SMILES string of the molecule is CCCCOCCOC(=O)Cn1cccc(OCCC)c1=O. The van der Waals surface area contributed by atoms with E-state index in [2.05, 4.69) is 6.92 Å². The van der Waals surface area contributed by atoms with Gasteiger partial charge in [0.15, 0.2) is 5.75 Å². The summed E-state index contributed by atoms with van der Waals surface area (Å²) in [6.45, 7) is 5.63. The van der Waals surface area contributed by atoms with E-state index < -0.39 is 5.97 Å². The summed E-state index contributed by atoms with van der Waals surface area (Å²) in [5.41, 5.74) is -0.327. The third-order valence-electron chi connectivity index (χ3n) is 2.88. The lowest BCUT2D eigenvalue weighted by Gasteiger charge is -2.09. The van der Waals surface area contributed by atoms with Gasteiger partial charge in [-0.1, -0.05) is 20.3 Å². The summed E-state index contributed by atoms with van der Waals surface area (Å²) in [6, 6.07) is 3.27. The van der Waals surface area contributed by atoms with Crippen molar-refractivity contribution in [3.8, 4) is 5.75 Å². The van der Waals surface area contributed by atoms with Crippen molar-refractivity contribution in [3.63, 3.8) is 0 Å². The average Bonchev–Trinajstić information content (AvgIpc) is 2.51. The lowest BCUT2D eigenvalue weighted by Crippen LogP contribution is -2.26. The maximum Gasteiger partial charge on any atom is 0.326 e. The van der Waals surface area contributed by atoms with Crippen LogP contribution in [0.5, 0.6) is 5.75 Å². The summed E-state index contributed by atoms with van der Waals surface area (Å²) in [6.07, 6.45) is 4.42. The van der Waals surface area contributed by atoms with Crippen molar-refractivity contribution < 1.29 is 19.0 Å².